The number of aliphatic imine (C=N–C) groups is 1. The zero-order chi connectivity index (χ0) is 12.1. The van der Waals surface area contributed by atoms with Gasteiger partial charge >= 0.3 is 5.97 Å². The smallest absolute Gasteiger partial charge is 0.327 e. The predicted molar refractivity (Wildman–Crippen MR) is 67.3 cm³/mol. The van der Waals surface area contributed by atoms with Crippen LogP contribution in [0.4, 0.5) is 0 Å². The minimum Gasteiger partial charge on any atom is -0.465 e. The molecule has 0 aromatic rings. The molecule has 6 heteroatoms. The van der Waals surface area contributed by atoms with Crippen LogP contribution in [0.25, 0.3) is 0 Å². The first-order chi connectivity index (χ1) is 8.24. The molecule has 0 unspecified atom stereocenters. The summed E-state index contributed by atoms with van der Waals surface area (Å²) in [4.78, 5) is 15.4. The summed E-state index contributed by atoms with van der Waals surface area (Å²) in [5, 5.41) is 4.29. The van der Waals surface area contributed by atoms with Crippen molar-refractivity contribution in [3.63, 3.8) is 0 Å². The number of nitrogens with zero attached hydrogens (tertiary/aromatic N) is 1. The highest BCUT2D eigenvalue weighted by Gasteiger charge is 2.38. The molecule has 5 nitrogen and oxygen atoms in total. The molecule has 0 amide bonds. The first-order valence-electron chi connectivity index (χ1n) is 5.93. The molecule has 0 saturated carbocycles. The Morgan fingerprint density at radius 2 is 2.35 bits per heavy atom. The van der Waals surface area contributed by atoms with Crippen LogP contribution in [0.3, 0.4) is 0 Å². The zero-order valence-electron chi connectivity index (χ0n) is 10.0. The largest absolute Gasteiger partial charge is 0.465 e. The van der Waals surface area contributed by atoms with E-state index in [-0.39, 0.29) is 18.1 Å². The topological polar surface area (TPSA) is 59.9 Å². The molecule has 0 atom stereocenters. The highest BCUT2D eigenvalue weighted by Crippen LogP contribution is 2.31. The maximum absolute atomic E-state index is 11.2. The van der Waals surface area contributed by atoms with Crippen LogP contribution in [0.15, 0.2) is 4.99 Å². The molecule has 0 aromatic carbocycles. The molecule has 0 bridgehead atoms. The monoisotopic (exact) mass is 258 g/mol. The predicted octanol–water partition coefficient (Wildman–Crippen LogP) is 0.791. The Kier molecular flexibility index (Phi) is 4.28. The van der Waals surface area contributed by atoms with Gasteiger partial charge in [0.1, 0.15) is 6.54 Å². The normalized spacial score (nSPS) is 24.9. The first kappa shape index (κ1) is 12.7. The highest BCUT2D eigenvalue weighted by atomic mass is 32.2. The molecule has 0 radical (unpaired) electrons. The van der Waals surface area contributed by atoms with E-state index in [0.29, 0.717) is 6.61 Å². The number of esters is 1. The van der Waals surface area contributed by atoms with E-state index in [2.05, 4.69) is 10.3 Å². The molecular weight excluding hydrogens is 240 g/mol. The molecule has 2 fully saturated rings. The summed E-state index contributed by atoms with van der Waals surface area (Å²) >= 11 is 1.68. The van der Waals surface area contributed by atoms with Gasteiger partial charge < -0.3 is 14.8 Å². The molecule has 0 aliphatic carbocycles. The molecule has 2 heterocycles. The molecule has 2 aliphatic rings. The van der Waals surface area contributed by atoms with E-state index in [1.807, 2.05) is 0 Å². The molecule has 2 rings (SSSR count). The molecule has 0 aromatic heterocycles. The van der Waals surface area contributed by atoms with E-state index >= 15 is 0 Å². The van der Waals surface area contributed by atoms with Crippen LogP contribution in [-0.2, 0) is 14.3 Å². The third kappa shape index (κ3) is 3.35. The second-order valence-corrected chi connectivity index (χ2v) is 5.20. The summed E-state index contributed by atoms with van der Waals surface area (Å²) in [7, 11) is 0. The molecule has 2 saturated heterocycles. The number of amidine groups is 1. The van der Waals surface area contributed by atoms with Crippen molar-refractivity contribution in [2.75, 3.05) is 32.1 Å². The summed E-state index contributed by atoms with van der Waals surface area (Å²) in [6.45, 7) is 3.92. The summed E-state index contributed by atoms with van der Waals surface area (Å²) in [5.74, 6) is 0.744. The SMILES string of the molecule is CCOC(=O)CN=C1NC2(CCOCC2)CS1. The van der Waals surface area contributed by atoms with Gasteiger partial charge in [-0.2, -0.15) is 0 Å². The van der Waals surface area contributed by atoms with Crippen molar-refractivity contribution in [1.82, 2.24) is 5.32 Å². The Bertz CT molecular complexity index is 314. The molecule has 96 valence electrons. The van der Waals surface area contributed by atoms with Crippen LogP contribution in [0.5, 0.6) is 0 Å². The average Bonchev–Trinajstić information content (AvgIpc) is 2.71. The Morgan fingerprint density at radius 3 is 3.06 bits per heavy atom. The minimum atomic E-state index is -0.268. The Hall–Kier alpha value is -0.750. The quantitative estimate of drug-likeness (QED) is 0.758. The summed E-state index contributed by atoms with van der Waals surface area (Å²) in [5.41, 5.74) is 0.135. The fraction of sp³-hybridized carbons (Fsp3) is 0.818. The third-order valence-corrected chi connectivity index (χ3v) is 4.17. The number of carbonyl (C=O) groups excluding carboxylic acids is 1. The van der Waals surface area contributed by atoms with Gasteiger partial charge in [-0.3, -0.25) is 9.79 Å². The van der Waals surface area contributed by atoms with Gasteiger partial charge in [-0.15, -0.1) is 0 Å². The number of hydrogen-bond donors (Lipinski definition) is 1. The molecule has 1 N–H and O–H groups in total. The van der Waals surface area contributed by atoms with Gasteiger partial charge in [0.25, 0.3) is 0 Å². The highest BCUT2D eigenvalue weighted by molar-refractivity contribution is 8.14. The van der Waals surface area contributed by atoms with Crippen molar-refractivity contribution >= 4 is 22.9 Å². The number of hydrogen-bond acceptors (Lipinski definition) is 5. The van der Waals surface area contributed by atoms with Gasteiger partial charge in [0.05, 0.1) is 12.1 Å². The van der Waals surface area contributed by atoms with Crippen LogP contribution in [0, 0.1) is 0 Å². The summed E-state index contributed by atoms with van der Waals surface area (Å²) in [6, 6.07) is 0. The number of rotatable bonds is 3. The Morgan fingerprint density at radius 1 is 1.59 bits per heavy atom. The molecule has 17 heavy (non-hydrogen) atoms. The van der Waals surface area contributed by atoms with Crippen LogP contribution in [0.1, 0.15) is 19.8 Å². The molecule has 1 spiro atoms. The van der Waals surface area contributed by atoms with E-state index in [4.69, 9.17) is 9.47 Å². The lowest BCUT2D eigenvalue weighted by atomic mass is 9.93. The number of thioether (sulfide) groups is 1. The standard InChI is InChI=1S/C11H18N2O3S/c1-2-16-9(14)7-12-10-13-11(8-17-10)3-5-15-6-4-11/h2-8H2,1H3,(H,12,13). The van der Waals surface area contributed by atoms with Crippen LogP contribution in [0.2, 0.25) is 0 Å². The molecule has 2 aliphatic heterocycles. The second-order valence-electron chi connectivity index (χ2n) is 4.23. The van der Waals surface area contributed by atoms with E-state index in [0.717, 1.165) is 37.0 Å². The maximum atomic E-state index is 11.2. The van der Waals surface area contributed by atoms with E-state index < -0.39 is 0 Å². The second kappa shape index (κ2) is 5.73. The maximum Gasteiger partial charge on any atom is 0.327 e. The van der Waals surface area contributed by atoms with Crippen LogP contribution in [-0.4, -0.2) is 48.8 Å². The number of ether oxygens (including phenoxy) is 2. The van der Waals surface area contributed by atoms with Crippen molar-refractivity contribution in [2.45, 2.75) is 25.3 Å². The van der Waals surface area contributed by atoms with Gasteiger partial charge in [-0.25, -0.2) is 0 Å². The van der Waals surface area contributed by atoms with Gasteiger partial charge in [0.15, 0.2) is 5.17 Å². The van der Waals surface area contributed by atoms with Crippen molar-refractivity contribution < 1.29 is 14.3 Å². The first-order valence-corrected chi connectivity index (χ1v) is 6.91. The summed E-state index contributed by atoms with van der Waals surface area (Å²) < 4.78 is 10.2. The van der Waals surface area contributed by atoms with Crippen LogP contribution >= 0.6 is 11.8 Å². The fourth-order valence-corrected chi connectivity index (χ4v) is 3.18. The van der Waals surface area contributed by atoms with E-state index in [1.165, 1.54) is 0 Å². The van der Waals surface area contributed by atoms with E-state index in [1.54, 1.807) is 18.7 Å². The third-order valence-electron chi connectivity index (χ3n) is 2.96. The lowest BCUT2D eigenvalue weighted by Gasteiger charge is -2.32. The Balaban J connectivity index is 1.84. The number of nitrogens with one attached hydrogen (secondary N) is 1. The average molecular weight is 258 g/mol. The van der Waals surface area contributed by atoms with Crippen LogP contribution < -0.4 is 5.32 Å². The lowest BCUT2D eigenvalue weighted by molar-refractivity contribution is -0.141. The number of carbonyl (C=O) groups is 1. The van der Waals surface area contributed by atoms with Gasteiger partial charge in [0, 0.05) is 19.0 Å². The Labute approximate surface area is 105 Å². The van der Waals surface area contributed by atoms with Gasteiger partial charge in [-0.05, 0) is 19.8 Å². The van der Waals surface area contributed by atoms with Crippen molar-refractivity contribution in [1.29, 1.82) is 0 Å². The van der Waals surface area contributed by atoms with Gasteiger partial charge in [-0.1, -0.05) is 11.8 Å². The van der Waals surface area contributed by atoms with Crippen molar-refractivity contribution in [3.05, 3.63) is 0 Å². The molecular formula is C11H18N2O3S. The lowest BCUT2D eigenvalue weighted by Crippen LogP contribution is -2.48. The van der Waals surface area contributed by atoms with E-state index in [9.17, 15) is 4.79 Å². The van der Waals surface area contributed by atoms with Gasteiger partial charge in [0.2, 0.25) is 0 Å². The fourth-order valence-electron chi connectivity index (χ4n) is 1.97. The summed E-state index contributed by atoms with van der Waals surface area (Å²) in [6.07, 6.45) is 2.02. The van der Waals surface area contributed by atoms with Crippen molar-refractivity contribution in [2.24, 2.45) is 4.99 Å². The van der Waals surface area contributed by atoms with Crippen molar-refractivity contribution in [3.8, 4) is 0 Å². The zero-order valence-corrected chi connectivity index (χ0v) is 10.8. The minimum absolute atomic E-state index is 0.107.